The van der Waals surface area contributed by atoms with Gasteiger partial charge in [-0.1, -0.05) is 98.5 Å². The van der Waals surface area contributed by atoms with Crippen LogP contribution in [0.2, 0.25) is 0 Å². The number of ether oxygens (including phenoxy) is 1. The van der Waals surface area contributed by atoms with E-state index >= 15 is 0 Å². The van der Waals surface area contributed by atoms with Crippen LogP contribution in [0.25, 0.3) is 5.41 Å². The van der Waals surface area contributed by atoms with E-state index in [1.165, 1.54) is 34.2 Å². The summed E-state index contributed by atoms with van der Waals surface area (Å²) in [7, 11) is 9.78. The summed E-state index contributed by atoms with van der Waals surface area (Å²) in [4.78, 5) is 1.25. The van der Waals surface area contributed by atoms with Gasteiger partial charge in [-0.15, -0.1) is 0 Å². The smallest absolute Gasteiger partial charge is 0.129 e. The van der Waals surface area contributed by atoms with Crippen molar-refractivity contribution in [1.82, 2.24) is 0 Å². The molecule has 2 aliphatic heterocycles. The van der Waals surface area contributed by atoms with Crippen molar-refractivity contribution in [2.24, 2.45) is 11.8 Å². The van der Waals surface area contributed by atoms with Crippen LogP contribution in [0.15, 0.2) is 97.1 Å². The molecule has 5 unspecified atom stereocenters. The number of benzene rings is 4. The van der Waals surface area contributed by atoms with E-state index in [-0.39, 0.29) is 25.5 Å². The molecule has 2 heterocycles. The van der Waals surface area contributed by atoms with Gasteiger partial charge >= 0.3 is 35.6 Å². The number of para-hydroxylation sites is 2. The van der Waals surface area contributed by atoms with Gasteiger partial charge in [-0.2, -0.15) is 0 Å². The topological polar surface area (TPSA) is 34.8 Å². The van der Waals surface area contributed by atoms with Crippen LogP contribution in [-0.2, 0) is 23.6 Å². The van der Waals surface area contributed by atoms with E-state index in [0.717, 1.165) is 11.3 Å². The molecule has 0 radical (unpaired) electrons. The average Bonchev–Trinajstić information content (AvgIpc) is 3.59. The van der Waals surface area contributed by atoms with Crippen molar-refractivity contribution >= 4 is 30.1 Å². The fourth-order valence-corrected chi connectivity index (χ4v) is 6.46. The van der Waals surface area contributed by atoms with Crippen LogP contribution in [0.4, 0.5) is 14.5 Å². The minimum atomic E-state index is -0.686. The minimum Gasteiger partial charge on any atom is -0.464 e. The molecule has 0 aromatic heterocycles. The van der Waals surface area contributed by atoms with E-state index < -0.39 is 28.7 Å². The molecule has 3 nitrogen and oxygen atoms in total. The van der Waals surface area contributed by atoms with E-state index in [1.54, 1.807) is 12.1 Å². The number of anilines is 1. The number of nitrogens with zero attached hydrogens (tertiary/aromatic N) is 2. The summed E-state index contributed by atoms with van der Waals surface area (Å²) in [5.74, 6) is 1.98. The Morgan fingerprint density at radius 1 is 0.786 bits per heavy atom. The zero-order chi connectivity index (χ0) is 29.1. The Morgan fingerprint density at radius 2 is 1.36 bits per heavy atom. The van der Waals surface area contributed by atoms with Crippen molar-refractivity contribution in [2.75, 3.05) is 4.90 Å². The van der Waals surface area contributed by atoms with Crippen LogP contribution in [0.5, 0.6) is 5.75 Å². The molecule has 3 aliphatic rings. The van der Waals surface area contributed by atoms with E-state index in [2.05, 4.69) is 68.4 Å². The van der Waals surface area contributed by atoms with Crippen LogP contribution >= 0.6 is 18.6 Å². The van der Waals surface area contributed by atoms with Gasteiger partial charge in [-0.3, -0.25) is 0 Å². The molecule has 0 bridgehead atoms. The predicted octanol–water partition coefficient (Wildman–Crippen LogP) is 9.73. The molecule has 0 spiro atoms. The Kier molecular flexibility index (Phi) is 10.9. The summed E-state index contributed by atoms with van der Waals surface area (Å²) in [5, 5.41) is 10.1. The van der Waals surface area contributed by atoms with Gasteiger partial charge in [0.2, 0.25) is 0 Å². The van der Waals surface area contributed by atoms with Gasteiger partial charge in [-0.25, -0.2) is 8.78 Å². The van der Waals surface area contributed by atoms with E-state index in [9.17, 15) is 14.2 Å². The molecular weight excluding hydrogens is 609 g/mol. The zero-order valence-electron chi connectivity index (χ0n) is 23.6. The number of rotatable bonds is 2. The first-order valence-electron chi connectivity index (χ1n) is 13.5. The van der Waals surface area contributed by atoms with Gasteiger partial charge < -0.3 is 22.5 Å². The van der Waals surface area contributed by atoms with Crippen molar-refractivity contribution < 1.29 is 30.5 Å². The van der Waals surface area contributed by atoms with Crippen molar-refractivity contribution in [1.29, 1.82) is 0 Å². The van der Waals surface area contributed by atoms with Gasteiger partial charge in [-0.05, 0) is 53.3 Å². The SMILES string of the molecule is CC1C(C)C2c3ccccc3OC2C1c1ccccc1.[CH3-].[Cl][Ti][Cl].[N-]=C1c2ccccc2CN1c1c(F)cccc1F. The van der Waals surface area contributed by atoms with Crippen molar-refractivity contribution in [2.45, 2.75) is 38.3 Å². The van der Waals surface area contributed by atoms with Crippen molar-refractivity contribution in [3.8, 4) is 5.75 Å². The number of amidine groups is 1. The van der Waals surface area contributed by atoms with Crippen molar-refractivity contribution in [3.05, 3.63) is 144 Å². The van der Waals surface area contributed by atoms with Crippen LogP contribution in [0.3, 0.4) is 0 Å². The Balaban J connectivity index is 0.000000174. The summed E-state index contributed by atoms with van der Waals surface area (Å²) in [5.41, 5.74) is 4.08. The molecule has 42 heavy (non-hydrogen) atoms. The molecular formula is C34H32Cl2F2N2OTi-2. The average molecular weight is 641 g/mol. The molecule has 1 saturated carbocycles. The van der Waals surface area contributed by atoms with Crippen molar-refractivity contribution in [3.63, 3.8) is 0 Å². The second-order valence-electron chi connectivity index (χ2n) is 10.5. The van der Waals surface area contributed by atoms with Gasteiger partial charge in [0.1, 0.15) is 23.5 Å². The molecule has 0 N–H and O–H groups in total. The quantitative estimate of drug-likeness (QED) is 0.161. The summed E-state index contributed by atoms with van der Waals surface area (Å²) in [6.45, 7) is 5.03. The summed E-state index contributed by atoms with van der Waals surface area (Å²) in [6.07, 6.45) is 0.305. The Labute approximate surface area is 264 Å². The fourth-order valence-electron chi connectivity index (χ4n) is 6.46. The number of hydrogen-bond acceptors (Lipinski definition) is 1. The third-order valence-corrected chi connectivity index (χ3v) is 8.45. The van der Waals surface area contributed by atoms with Gasteiger partial charge in [0.15, 0.2) is 0 Å². The van der Waals surface area contributed by atoms with Crippen LogP contribution in [0, 0.1) is 30.9 Å². The summed E-state index contributed by atoms with van der Waals surface area (Å²) in [6, 6.07) is 30.3. The maximum absolute atomic E-state index is 13.7. The molecule has 8 heteroatoms. The fraction of sp³-hybridized carbons (Fsp3) is 0.235. The maximum Gasteiger partial charge on any atom is 0.129 e. The Bertz CT molecular complexity index is 1500. The molecule has 1 aliphatic carbocycles. The van der Waals surface area contributed by atoms with E-state index in [1.807, 2.05) is 12.1 Å². The standard InChI is InChI=1S/C19H20O.C14H9F2N2.CH3.2ClH.Ti/c1-12-13(2)18-15-10-6-7-11-16(15)20-19(18)17(12)14-8-4-3-5-9-14;15-11-6-3-7-12(16)13(11)18-8-9-4-1-2-5-10(9)14(18)17;;;;/h3-13,17-19H,1-2H3;1-7H,8H2;1H3;2*1H;/q;2*-1;;;+2/p-2. The number of fused-ring (bicyclic) bond motifs is 4. The van der Waals surface area contributed by atoms with E-state index in [4.69, 9.17) is 23.3 Å². The van der Waals surface area contributed by atoms with Crippen LogP contribution < -0.4 is 9.64 Å². The monoisotopic (exact) mass is 640 g/mol. The summed E-state index contributed by atoms with van der Waals surface area (Å²) >= 11 is -0.556. The van der Waals surface area contributed by atoms with Gasteiger partial charge in [0.25, 0.3) is 0 Å². The van der Waals surface area contributed by atoms with Gasteiger partial charge in [0.05, 0.1) is 0 Å². The van der Waals surface area contributed by atoms with E-state index in [0.29, 0.717) is 35.3 Å². The number of hydrogen-bond donors (Lipinski definition) is 0. The maximum atomic E-state index is 13.7. The zero-order valence-corrected chi connectivity index (χ0v) is 26.7. The second kappa shape index (κ2) is 14.2. The molecule has 0 amide bonds. The molecule has 218 valence electrons. The Hall–Kier alpha value is -2.70. The third kappa shape index (κ3) is 6.16. The largest absolute Gasteiger partial charge is 0.464 e. The first-order valence-corrected chi connectivity index (χ1v) is 17.8. The first kappa shape index (κ1) is 32.2. The molecule has 4 aromatic rings. The normalized spacial score (nSPS) is 22.7. The Morgan fingerprint density at radius 3 is 2.02 bits per heavy atom. The minimum absolute atomic E-state index is 0. The molecule has 1 fully saturated rings. The molecule has 5 atom stereocenters. The molecule has 7 rings (SSSR count). The second-order valence-corrected chi connectivity index (χ2v) is 13.1. The van der Waals surface area contributed by atoms with Crippen LogP contribution in [0.1, 0.15) is 47.9 Å². The molecule has 4 aromatic carbocycles. The first-order chi connectivity index (χ1) is 19.9. The predicted molar refractivity (Wildman–Crippen MR) is 166 cm³/mol. The van der Waals surface area contributed by atoms with Crippen LogP contribution in [-0.4, -0.2) is 11.9 Å². The molecule has 0 saturated heterocycles. The summed E-state index contributed by atoms with van der Waals surface area (Å²) < 4.78 is 33.7. The number of halogens is 4. The van der Waals surface area contributed by atoms with Gasteiger partial charge in [0, 0.05) is 23.1 Å². The third-order valence-electron chi connectivity index (χ3n) is 8.45.